The zero-order valence-electron chi connectivity index (χ0n) is 66.5. The van der Waals surface area contributed by atoms with Gasteiger partial charge in [0.2, 0.25) is 0 Å². The van der Waals surface area contributed by atoms with E-state index in [2.05, 4.69) is 148 Å². The molecule has 9 heteroatoms. The van der Waals surface area contributed by atoms with Crippen molar-refractivity contribution in [2.24, 2.45) is 0 Å². The van der Waals surface area contributed by atoms with Gasteiger partial charge >= 0.3 is 17.9 Å². The Morgan fingerprint density at radius 3 is 0.792 bits per heavy atom. The topological polar surface area (TPSA) is 108 Å². The Hall–Kier alpha value is -4.57. The van der Waals surface area contributed by atoms with Crippen LogP contribution in [0.1, 0.15) is 373 Å². The third-order valence-corrected chi connectivity index (χ3v) is 18.4. The second-order valence-electron chi connectivity index (χ2n) is 29.4. The number of hydrogen-bond donors (Lipinski definition) is 1. The molecule has 0 amide bonds. The number of allylic oxidation sites excluding steroid dienone is 22. The molecule has 0 aromatic carbocycles. The van der Waals surface area contributed by atoms with Gasteiger partial charge in [-0.25, -0.2) is 4.79 Å². The Balaban J connectivity index is 3.98. The van der Waals surface area contributed by atoms with Gasteiger partial charge in [0.1, 0.15) is 13.2 Å². The van der Waals surface area contributed by atoms with Crippen LogP contribution in [0.25, 0.3) is 0 Å². The van der Waals surface area contributed by atoms with Gasteiger partial charge in [0, 0.05) is 12.8 Å². The zero-order chi connectivity index (χ0) is 73.2. The number of likely N-dealkylation sites (N-methyl/N-ethyl adjacent to an activating group) is 1. The summed E-state index contributed by atoms with van der Waals surface area (Å²) in [5.74, 6) is -1.99. The van der Waals surface area contributed by atoms with Gasteiger partial charge in [-0.1, -0.05) is 385 Å². The van der Waals surface area contributed by atoms with Crippen LogP contribution in [0.15, 0.2) is 134 Å². The Morgan fingerprint density at radius 2 is 0.535 bits per heavy atom. The van der Waals surface area contributed by atoms with E-state index in [-0.39, 0.29) is 32.2 Å². The smallest absolute Gasteiger partial charge is 0.361 e. The first-order chi connectivity index (χ1) is 49.6. The van der Waals surface area contributed by atoms with Crippen LogP contribution in [0.5, 0.6) is 0 Å². The standard InChI is InChI=1S/C92H159NO8/c1-6-8-10-12-14-16-18-20-22-24-26-28-30-32-34-36-38-40-42-44-45-47-49-51-53-55-57-59-61-63-65-67-69-71-73-75-77-79-81-83-90(95)101-88(87-100-92(91(96)97)98-85-84-93(3,4)5)86-99-89(94)82-80-78-76-74-72-70-68-66-64-62-60-58-56-54-52-50-48-46-43-41-39-37-35-33-31-29-27-25-23-21-19-17-15-13-11-9-7-2/h8-11,14-17,20-23,26-29,32,34,38,40,44-45,88,92H,6-7,12-13,18-19,24-25,30-31,33,35-37,39,41-43,46-87H2,1-5H3/p+1/b10-8-,11-9-,16-14-,17-15-,22-20-,23-21-,28-26-,29-27-,34-32-,40-38-,45-44-. The van der Waals surface area contributed by atoms with Crippen LogP contribution >= 0.6 is 0 Å². The molecule has 580 valence electrons. The lowest BCUT2D eigenvalue weighted by Gasteiger charge is -2.25. The van der Waals surface area contributed by atoms with Crippen molar-refractivity contribution in [1.29, 1.82) is 0 Å². The second kappa shape index (κ2) is 81.1. The largest absolute Gasteiger partial charge is 0.477 e. The Kier molecular flexibility index (Phi) is 77.4. The van der Waals surface area contributed by atoms with Gasteiger partial charge in [0.05, 0.1) is 34.4 Å². The fourth-order valence-corrected chi connectivity index (χ4v) is 12.1. The van der Waals surface area contributed by atoms with Gasteiger partial charge in [-0.05, 0) is 109 Å². The highest BCUT2D eigenvalue weighted by Crippen LogP contribution is 2.19. The van der Waals surface area contributed by atoms with E-state index in [1.54, 1.807) is 0 Å². The number of carbonyl (C=O) groups is 3. The molecule has 0 saturated heterocycles. The maximum absolute atomic E-state index is 13.0. The summed E-state index contributed by atoms with van der Waals surface area (Å²) in [7, 11) is 5.99. The van der Waals surface area contributed by atoms with E-state index in [1.165, 1.54) is 238 Å². The summed E-state index contributed by atoms with van der Waals surface area (Å²) in [4.78, 5) is 37.8. The van der Waals surface area contributed by atoms with Crippen LogP contribution in [0.3, 0.4) is 0 Å². The summed E-state index contributed by atoms with van der Waals surface area (Å²) < 4.78 is 23.1. The molecule has 1 N–H and O–H groups in total. The maximum atomic E-state index is 13.0. The van der Waals surface area contributed by atoms with Crippen molar-refractivity contribution in [3.05, 3.63) is 134 Å². The van der Waals surface area contributed by atoms with Crippen LogP contribution in [0, 0.1) is 0 Å². The normalized spacial score (nSPS) is 13.3. The molecular weight excluding hydrogens is 1250 g/mol. The van der Waals surface area contributed by atoms with Gasteiger partial charge in [0.15, 0.2) is 6.10 Å². The number of carboxylic acid groups (broad SMARTS) is 1. The fourth-order valence-electron chi connectivity index (χ4n) is 12.1. The molecule has 0 spiro atoms. The molecule has 0 bridgehead atoms. The lowest BCUT2D eigenvalue weighted by Crippen LogP contribution is -2.40. The molecule has 0 rings (SSSR count). The number of rotatable bonds is 78. The number of nitrogens with zero attached hydrogens (tertiary/aromatic N) is 1. The van der Waals surface area contributed by atoms with E-state index >= 15 is 0 Å². The summed E-state index contributed by atoms with van der Waals surface area (Å²) >= 11 is 0. The van der Waals surface area contributed by atoms with Crippen molar-refractivity contribution in [3.8, 4) is 0 Å². The van der Waals surface area contributed by atoms with Crippen molar-refractivity contribution in [1.82, 2.24) is 0 Å². The van der Waals surface area contributed by atoms with Gasteiger partial charge in [-0.3, -0.25) is 9.59 Å². The summed E-state index contributed by atoms with van der Waals surface area (Å²) in [5.41, 5.74) is 0. The van der Waals surface area contributed by atoms with E-state index in [0.717, 1.165) is 109 Å². The summed E-state index contributed by atoms with van der Waals surface area (Å²) in [5, 5.41) is 9.79. The molecule has 0 aliphatic carbocycles. The van der Waals surface area contributed by atoms with E-state index in [9.17, 15) is 19.5 Å². The van der Waals surface area contributed by atoms with E-state index < -0.39 is 24.3 Å². The molecule has 0 aromatic heterocycles. The van der Waals surface area contributed by atoms with Gasteiger partial charge in [-0.2, -0.15) is 0 Å². The number of hydrogen-bond acceptors (Lipinski definition) is 7. The SMILES string of the molecule is CC/C=C\C/C=C\C/C=C\C/C=C\C/C=C\C/C=C\C/C=C\CCCCCCCCCCCCCCCCCCCC(=O)OC(COC(=O)CCCCCCCCCCCCCCCCCCCCCCCCCC/C=C\C/C=C\C/C=C\C/C=C\CC)COC(OCC[N+](C)(C)C)C(=O)O. The highest BCUT2D eigenvalue weighted by Gasteiger charge is 2.25. The third kappa shape index (κ3) is 82.6. The number of unbranched alkanes of at least 4 members (excludes halogenated alkanes) is 41. The van der Waals surface area contributed by atoms with Gasteiger partial charge in [0.25, 0.3) is 6.29 Å². The van der Waals surface area contributed by atoms with Crippen LogP contribution in [-0.2, 0) is 33.3 Å². The first-order valence-corrected chi connectivity index (χ1v) is 42.3. The van der Waals surface area contributed by atoms with E-state index in [0.29, 0.717) is 17.4 Å². The number of aliphatic carboxylic acids is 1. The molecule has 0 heterocycles. The minimum Gasteiger partial charge on any atom is -0.477 e. The van der Waals surface area contributed by atoms with Crippen LogP contribution < -0.4 is 0 Å². The Morgan fingerprint density at radius 1 is 0.297 bits per heavy atom. The Bertz CT molecular complexity index is 2130. The predicted octanol–water partition coefficient (Wildman–Crippen LogP) is 27.6. The molecule has 0 saturated carbocycles. The highest BCUT2D eigenvalue weighted by molar-refractivity contribution is 5.71. The molecule has 0 aromatic rings. The summed E-state index contributed by atoms with van der Waals surface area (Å²) in [6.45, 7) is 4.69. The summed E-state index contributed by atoms with van der Waals surface area (Å²) in [6.07, 6.45) is 115. The van der Waals surface area contributed by atoms with Crippen molar-refractivity contribution >= 4 is 17.9 Å². The number of ether oxygens (including phenoxy) is 4. The zero-order valence-corrected chi connectivity index (χ0v) is 66.5. The average molecular weight is 1410 g/mol. The maximum Gasteiger partial charge on any atom is 0.361 e. The van der Waals surface area contributed by atoms with E-state index in [1.807, 2.05) is 21.1 Å². The minimum absolute atomic E-state index is 0.182. The molecule has 2 atom stereocenters. The molecule has 0 radical (unpaired) electrons. The number of carbonyl (C=O) groups excluding carboxylic acids is 2. The molecule has 0 aliphatic heterocycles. The van der Waals surface area contributed by atoms with Crippen LogP contribution in [0.2, 0.25) is 0 Å². The lowest BCUT2D eigenvalue weighted by molar-refractivity contribution is -0.870. The fraction of sp³-hybridized carbons (Fsp3) is 0.728. The molecule has 101 heavy (non-hydrogen) atoms. The quantitative estimate of drug-likeness (QED) is 0.0211. The monoisotopic (exact) mass is 1410 g/mol. The Labute approximate surface area is 624 Å². The average Bonchev–Trinajstić information content (AvgIpc) is 1.21. The van der Waals surface area contributed by atoms with Gasteiger partial charge in [-0.15, -0.1) is 0 Å². The van der Waals surface area contributed by atoms with Crippen molar-refractivity contribution in [3.63, 3.8) is 0 Å². The third-order valence-electron chi connectivity index (χ3n) is 18.4. The van der Waals surface area contributed by atoms with Crippen molar-refractivity contribution < 1.29 is 42.9 Å². The van der Waals surface area contributed by atoms with Crippen LogP contribution in [0.4, 0.5) is 0 Å². The summed E-state index contributed by atoms with van der Waals surface area (Å²) in [6, 6.07) is 0. The molecule has 0 aliphatic rings. The first-order valence-electron chi connectivity index (χ1n) is 42.3. The van der Waals surface area contributed by atoms with Crippen molar-refractivity contribution in [2.75, 3.05) is 47.5 Å². The van der Waals surface area contributed by atoms with E-state index in [4.69, 9.17) is 18.9 Å². The highest BCUT2D eigenvalue weighted by atomic mass is 16.7. The lowest BCUT2D eigenvalue weighted by atomic mass is 10.0. The van der Waals surface area contributed by atoms with Gasteiger partial charge < -0.3 is 28.5 Å². The number of carboxylic acids is 1. The molecule has 2 unspecified atom stereocenters. The molecular formula is C92H160NO8+. The van der Waals surface area contributed by atoms with Crippen LogP contribution in [-0.4, -0.2) is 87.4 Å². The number of esters is 2. The minimum atomic E-state index is -1.51. The predicted molar refractivity (Wildman–Crippen MR) is 438 cm³/mol. The second-order valence-corrected chi connectivity index (χ2v) is 29.4. The first kappa shape index (κ1) is 96.4. The van der Waals surface area contributed by atoms with Crippen molar-refractivity contribution in [2.45, 2.75) is 386 Å². The molecule has 9 nitrogen and oxygen atoms in total. The molecule has 0 fully saturated rings. The number of quaternary nitrogens is 1.